The van der Waals surface area contributed by atoms with E-state index >= 15 is 0 Å². The SMILES string of the molecule is CN(C)S(=O)(=O)N[C@@H](Cc1ccc(NC(=O)c2c(Cl)cccc2Cl)cc1)C(=O)O. The molecule has 0 fully saturated rings. The first-order valence-corrected chi connectivity index (χ1v) is 10.5. The third-order valence-electron chi connectivity index (χ3n) is 3.91. The standard InChI is InChI=1S/C18H19Cl2N3O5S/c1-23(2)29(27,28)22-15(18(25)26)10-11-6-8-12(9-7-11)21-17(24)16-13(19)4-3-5-14(16)20/h3-9,15,22H,10H2,1-2H3,(H,21,24)(H,25,26)/t15-/m0/s1. The van der Waals surface area contributed by atoms with E-state index in [9.17, 15) is 23.1 Å². The van der Waals surface area contributed by atoms with Gasteiger partial charge in [-0.05, 0) is 36.2 Å². The molecule has 0 heterocycles. The van der Waals surface area contributed by atoms with Gasteiger partial charge in [0.2, 0.25) is 0 Å². The fourth-order valence-electron chi connectivity index (χ4n) is 2.33. The molecule has 11 heteroatoms. The van der Waals surface area contributed by atoms with Crippen molar-refractivity contribution in [3.63, 3.8) is 0 Å². The first-order chi connectivity index (χ1) is 13.5. The van der Waals surface area contributed by atoms with Crippen molar-refractivity contribution in [2.75, 3.05) is 19.4 Å². The Morgan fingerprint density at radius 2 is 1.62 bits per heavy atom. The van der Waals surface area contributed by atoms with Crippen molar-refractivity contribution < 1.29 is 23.1 Å². The van der Waals surface area contributed by atoms with E-state index in [2.05, 4.69) is 10.0 Å². The number of amides is 1. The monoisotopic (exact) mass is 459 g/mol. The smallest absolute Gasteiger partial charge is 0.322 e. The maximum Gasteiger partial charge on any atom is 0.322 e. The van der Waals surface area contributed by atoms with E-state index in [1.807, 2.05) is 0 Å². The fourth-order valence-corrected chi connectivity index (χ4v) is 3.66. The van der Waals surface area contributed by atoms with Gasteiger partial charge in [0.15, 0.2) is 0 Å². The van der Waals surface area contributed by atoms with Crippen LogP contribution in [0.5, 0.6) is 0 Å². The summed E-state index contributed by atoms with van der Waals surface area (Å²) in [5.41, 5.74) is 1.15. The number of nitrogens with zero attached hydrogens (tertiary/aromatic N) is 1. The quantitative estimate of drug-likeness (QED) is 0.560. The molecule has 0 unspecified atom stereocenters. The summed E-state index contributed by atoms with van der Waals surface area (Å²) in [5.74, 6) is -1.79. The van der Waals surface area contributed by atoms with Gasteiger partial charge >= 0.3 is 5.97 Å². The van der Waals surface area contributed by atoms with Crippen LogP contribution in [0.25, 0.3) is 0 Å². The number of benzene rings is 2. The Hall–Kier alpha value is -2.17. The molecule has 2 aromatic rings. The predicted octanol–water partition coefficient (Wildman–Crippen LogP) is 2.64. The molecule has 2 rings (SSSR count). The second-order valence-corrected chi connectivity index (χ2v) is 8.98. The highest BCUT2D eigenvalue weighted by Crippen LogP contribution is 2.25. The van der Waals surface area contributed by atoms with Crippen LogP contribution in [0.3, 0.4) is 0 Å². The maximum absolute atomic E-state index is 12.4. The molecule has 0 aliphatic rings. The molecule has 8 nitrogen and oxygen atoms in total. The average molecular weight is 460 g/mol. The Bertz CT molecular complexity index is 990. The Labute approximate surface area is 178 Å². The van der Waals surface area contributed by atoms with Gasteiger partial charge in [-0.2, -0.15) is 17.4 Å². The van der Waals surface area contributed by atoms with Crippen molar-refractivity contribution in [2.24, 2.45) is 0 Å². The number of nitrogens with one attached hydrogen (secondary N) is 2. The van der Waals surface area contributed by atoms with E-state index in [1.165, 1.54) is 14.1 Å². The molecule has 0 aliphatic heterocycles. The summed E-state index contributed by atoms with van der Waals surface area (Å²) in [5, 5.41) is 12.4. The van der Waals surface area contributed by atoms with Crippen LogP contribution in [0.2, 0.25) is 10.0 Å². The van der Waals surface area contributed by atoms with E-state index in [4.69, 9.17) is 23.2 Å². The zero-order valence-electron chi connectivity index (χ0n) is 15.5. The van der Waals surface area contributed by atoms with Gasteiger partial charge in [-0.15, -0.1) is 0 Å². The molecule has 0 saturated heterocycles. The van der Waals surface area contributed by atoms with Crippen LogP contribution < -0.4 is 10.0 Å². The Morgan fingerprint density at radius 3 is 2.10 bits per heavy atom. The number of hydrogen-bond acceptors (Lipinski definition) is 4. The fraction of sp³-hybridized carbons (Fsp3) is 0.222. The molecule has 0 radical (unpaired) electrons. The summed E-state index contributed by atoms with van der Waals surface area (Å²) in [6.07, 6.45) is -0.0764. The van der Waals surface area contributed by atoms with E-state index in [1.54, 1.807) is 42.5 Å². The van der Waals surface area contributed by atoms with Gasteiger partial charge < -0.3 is 10.4 Å². The molecule has 0 bridgehead atoms. The number of carbonyl (C=O) groups is 2. The Kier molecular flexibility index (Phi) is 7.61. The minimum absolute atomic E-state index is 0.0764. The highest BCUT2D eigenvalue weighted by atomic mass is 35.5. The molecule has 3 N–H and O–H groups in total. The Morgan fingerprint density at radius 1 is 1.07 bits per heavy atom. The van der Waals surface area contributed by atoms with Gasteiger partial charge in [0.25, 0.3) is 16.1 Å². The van der Waals surface area contributed by atoms with Crippen LogP contribution in [0.4, 0.5) is 5.69 Å². The number of carboxylic acids is 1. The van der Waals surface area contributed by atoms with Crippen molar-refractivity contribution >= 4 is 51.0 Å². The van der Waals surface area contributed by atoms with E-state index in [0.29, 0.717) is 11.3 Å². The summed E-state index contributed by atoms with van der Waals surface area (Å²) in [4.78, 5) is 23.8. The predicted molar refractivity (Wildman–Crippen MR) is 112 cm³/mol. The van der Waals surface area contributed by atoms with Gasteiger partial charge in [0.1, 0.15) is 6.04 Å². The summed E-state index contributed by atoms with van der Waals surface area (Å²) in [6, 6.07) is 9.69. The van der Waals surface area contributed by atoms with Crippen molar-refractivity contribution in [3.05, 3.63) is 63.6 Å². The molecule has 2 aromatic carbocycles. The summed E-state index contributed by atoms with van der Waals surface area (Å²) >= 11 is 12.0. The van der Waals surface area contributed by atoms with Gasteiger partial charge in [0.05, 0.1) is 15.6 Å². The van der Waals surface area contributed by atoms with Crippen LogP contribution in [-0.2, 0) is 21.4 Å². The molecule has 156 valence electrons. The highest BCUT2D eigenvalue weighted by Gasteiger charge is 2.25. The number of hydrogen-bond donors (Lipinski definition) is 3. The molecule has 29 heavy (non-hydrogen) atoms. The molecule has 0 spiro atoms. The first kappa shape index (κ1) is 23.1. The number of carbonyl (C=O) groups excluding carboxylic acids is 1. The molecule has 0 aliphatic carbocycles. The molecule has 1 atom stereocenters. The third-order valence-corrected chi connectivity index (χ3v) is 6.09. The topological polar surface area (TPSA) is 116 Å². The van der Waals surface area contributed by atoms with Crippen molar-refractivity contribution in [3.8, 4) is 0 Å². The molecular weight excluding hydrogens is 441 g/mol. The van der Waals surface area contributed by atoms with Crippen molar-refractivity contribution in [1.29, 1.82) is 0 Å². The van der Waals surface area contributed by atoms with Gasteiger partial charge in [0, 0.05) is 19.8 Å². The lowest BCUT2D eigenvalue weighted by molar-refractivity contribution is -0.138. The van der Waals surface area contributed by atoms with Crippen molar-refractivity contribution in [1.82, 2.24) is 9.03 Å². The van der Waals surface area contributed by atoms with Gasteiger partial charge in [-0.1, -0.05) is 41.4 Å². The maximum atomic E-state index is 12.4. The Balaban J connectivity index is 2.11. The second kappa shape index (κ2) is 9.55. The summed E-state index contributed by atoms with van der Waals surface area (Å²) in [7, 11) is -1.31. The lowest BCUT2D eigenvalue weighted by Gasteiger charge is -2.18. The van der Waals surface area contributed by atoms with Crippen LogP contribution in [-0.4, -0.2) is 49.8 Å². The minimum atomic E-state index is -3.90. The number of rotatable bonds is 8. The summed E-state index contributed by atoms with van der Waals surface area (Å²) < 4.78 is 26.8. The minimum Gasteiger partial charge on any atom is -0.480 e. The van der Waals surface area contributed by atoms with Crippen LogP contribution in [0, 0.1) is 0 Å². The number of anilines is 1. The number of halogens is 2. The second-order valence-electron chi connectivity index (χ2n) is 6.25. The zero-order chi connectivity index (χ0) is 21.8. The lowest BCUT2D eigenvalue weighted by Crippen LogP contribution is -2.47. The average Bonchev–Trinajstić information content (AvgIpc) is 2.62. The van der Waals surface area contributed by atoms with Crippen LogP contribution in [0.1, 0.15) is 15.9 Å². The third kappa shape index (κ3) is 6.15. The lowest BCUT2D eigenvalue weighted by atomic mass is 10.1. The highest BCUT2D eigenvalue weighted by molar-refractivity contribution is 7.87. The van der Waals surface area contributed by atoms with E-state index in [-0.39, 0.29) is 22.0 Å². The van der Waals surface area contributed by atoms with Gasteiger partial charge in [-0.25, -0.2) is 0 Å². The van der Waals surface area contributed by atoms with Gasteiger partial charge in [-0.3, -0.25) is 9.59 Å². The molecule has 1 amide bonds. The van der Waals surface area contributed by atoms with Crippen LogP contribution in [0.15, 0.2) is 42.5 Å². The first-order valence-electron chi connectivity index (χ1n) is 8.28. The number of aliphatic carboxylic acids is 1. The molecule has 0 aromatic heterocycles. The van der Waals surface area contributed by atoms with Crippen molar-refractivity contribution in [2.45, 2.75) is 12.5 Å². The summed E-state index contributed by atoms with van der Waals surface area (Å²) in [6.45, 7) is 0. The molecular formula is C18H19Cl2N3O5S. The number of carboxylic acid groups (broad SMARTS) is 1. The largest absolute Gasteiger partial charge is 0.480 e. The van der Waals surface area contributed by atoms with E-state index in [0.717, 1.165) is 4.31 Å². The van der Waals surface area contributed by atoms with E-state index < -0.39 is 28.1 Å². The molecule has 0 saturated carbocycles. The van der Waals surface area contributed by atoms with Crippen LogP contribution >= 0.6 is 23.2 Å². The normalized spacial score (nSPS) is 12.6. The zero-order valence-corrected chi connectivity index (χ0v) is 17.8.